The Morgan fingerprint density at radius 1 is 1.37 bits per heavy atom. The van der Waals surface area contributed by atoms with Gasteiger partial charge in [-0.25, -0.2) is 0 Å². The molecule has 4 nitrogen and oxygen atoms in total. The van der Waals surface area contributed by atoms with Crippen molar-refractivity contribution in [2.75, 3.05) is 39.5 Å². The van der Waals surface area contributed by atoms with Crippen molar-refractivity contribution in [3.05, 3.63) is 0 Å². The molecule has 112 valence electrons. The smallest absolute Gasteiger partial charge is 0.0644 e. The van der Waals surface area contributed by atoms with E-state index in [2.05, 4.69) is 24.1 Å². The van der Waals surface area contributed by atoms with Crippen LogP contribution in [0.15, 0.2) is 0 Å². The lowest BCUT2D eigenvalue weighted by Crippen LogP contribution is -2.53. The molecule has 2 aliphatic rings. The van der Waals surface area contributed by atoms with Gasteiger partial charge in [0.2, 0.25) is 0 Å². The number of ether oxygens (including phenoxy) is 1. The molecule has 0 aromatic heterocycles. The summed E-state index contributed by atoms with van der Waals surface area (Å²) >= 11 is 0. The first-order valence-electron chi connectivity index (χ1n) is 7.90. The van der Waals surface area contributed by atoms with Crippen molar-refractivity contribution in [2.24, 2.45) is 11.8 Å². The maximum atomic E-state index is 9.47. The van der Waals surface area contributed by atoms with E-state index < -0.39 is 0 Å². The minimum Gasteiger partial charge on any atom is -0.395 e. The van der Waals surface area contributed by atoms with E-state index >= 15 is 0 Å². The summed E-state index contributed by atoms with van der Waals surface area (Å²) in [5, 5.41) is 13.1. The molecule has 2 fully saturated rings. The molecule has 0 bridgehead atoms. The topological polar surface area (TPSA) is 44.7 Å². The van der Waals surface area contributed by atoms with Gasteiger partial charge in [-0.15, -0.1) is 0 Å². The minimum absolute atomic E-state index is 0.202. The zero-order chi connectivity index (χ0) is 13.7. The number of morpholine rings is 1. The highest BCUT2D eigenvalue weighted by Gasteiger charge is 2.32. The Labute approximate surface area is 117 Å². The second-order valence-electron chi connectivity index (χ2n) is 6.25. The van der Waals surface area contributed by atoms with Gasteiger partial charge in [-0.1, -0.05) is 13.8 Å². The van der Waals surface area contributed by atoms with Crippen molar-refractivity contribution in [3.8, 4) is 0 Å². The van der Waals surface area contributed by atoms with Crippen LogP contribution in [0.25, 0.3) is 0 Å². The van der Waals surface area contributed by atoms with Gasteiger partial charge in [0.25, 0.3) is 0 Å². The first kappa shape index (κ1) is 15.2. The summed E-state index contributed by atoms with van der Waals surface area (Å²) in [4.78, 5) is 2.44. The molecule has 4 heteroatoms. The molecule has 0 amide bonds. The highest BCUT2D eigenvalue weighted by molar-refractivity contribution is 4.87. The normalized spacial score (nSPS) is 37.4. The Balaban J connectivity index is 1.92. The van der Waals surface area contributed by atoms with Crippen LogP contribution in [0.4, 0.5) is 0 Å². The molecule has 0 radical (unpaired) electrons. The number of nitrogens with zero attached hydrogens (tertiary/aromatic N) is 1. The second kappa shape index (κ2) is 7.58. The first-order valence-corrected chi connectivity index (χ1v) is 7.90. The van der Waals surface area contributed by atoms with Gasteiger partial charge in [-0.3, -0.25) is 4.90 Å². The summed E-state index contributed by atoms with van der Waals surface area (Å²) in [7, 11) is 0. The minimum atomic E-state index is 0.202. The maximum Gasteiger partial charge on any atom is 0.0644 e. The predicted octanol–water partition coefficient (Wildman–Crippen LogP) is 1.09. The first-order chi connectivity index (χ1) is 9.24. The summed E-state index contributed by atoms with van der Waals surface area (Å²) in [6.07, 6.45) is 3.96. The van der Waals surface area contributed by atoms with Gasteiger partial charge in [-0.2, -0.15) is 0 Å². The van der Waals surface area contributed by atoms with Crippen molar-refractivity contribution < 1.29 is 9.84 Å². The quantitative estimate of drug-likeness (QED) is 0.785. The Morgan fingerprint density at radius 2 is 2.21 bits per heavy atom. The average molecular weight is 270 g/mol. The van der Waals surface area contributed by atoms with Gasteiger partial charge < -0.3 is 15.2 Å². The van der Waals surface area contributed by atoms with E-state index in [0.29, 0.717) is 12.6 Å². The zero-order valence-corrected chi connectivity index (χ0v) is 12.5. The molecule has 1 saturated heterocycles. The van der Waals surface area contributed by atoms with Crippen LogP contribution in [0.3, 0.4) is 0 Å². The van der Waals surface area contributed by atoms with Gasteiger partial charge in [0, 0.05) is 19.1 Å². The molecule has 1 aliphatic carbocycles. The van der Waals surface area contributed by atoms with E-state index in [0.717, 1.165) is 38.1 Å². The van der Waals surface area contributed by atoms with Crippen LogP contribution in [0.2, 0.25) is 0 Å². The fraction of sp³-hybridized carbons (Fsp3) is 1.00. The zero-order valence-electron chi connectivity index (χ0n) is 12.5. The monoisotopic (exact) mass is 270 g/mol. The lowest BCUT2D eigenvalue weighted by Gasteiger charge is -2.42. The Bertz CT molecular complexity index is 263. The summed E-state index contributed by atoms with van der Waals surface area (Å²) < 4.78 is 5.47. The molecular weight excluding hydrogens is 240 g/mol. The number of hydrogen-bond donors (Lipinski definition) is 2. The number of nitrogens with one attached hydrogen (secondary N) is 1. The summed E-state index contributed by atoms with van der Waals surface area (Å²) in [6.45, 7) is 9.41. The molecule has 1 heterocycles. The van der Waals surface area contributed by atoms with Gasteiger partial charge in [-0.05, 0) is 37.6 Å². The SMILES string of the molecule is CCNC1CCC(C)CC1CN1CCOCC1CO. The van der Waals surface area contributed by atoms with E-state index in [1.165, 1.54) is 19.3 Å². The van der Waals surface area contributed by atoms with Crippen molar-refractivity contribution in [2.45, 2.75) is 45.2 Å². The molecule has 0 aromatic carbocycles. The molecular formula is C15H30N2O2. The van der Waals surface area contributed by atoms with Crippen molar-refractivity contribution in [3.63, 3.8) is 0 Å². The average Bonchev–Trinajstić information content (AvgIpc) is 2.42. The van der Waals surface area contributed by atoms with Crippen LogP contribution in [-0.4, -0.2) is 61.5 Å². The molecule has 4 unspecified atom stereocenters. The lowest BCUT2D eigenvalue weighted by atomic mass is 9.78. The molecule has 0 spiro atoms. The van der Waals surface area contributed by atoms with E-state index in [9.17, 15) is 5.11 Å². The third-order valence-corrected chi connectivity index (χ3v) is 4.74. The van der Waals surface area contributed by atoms with Crippen LogP contribution in [0, 0.1) is 11.8 Å². The Hall–Kier alpha value is -0.160. The third kappa shape index (κ3) is 4.15. The standard InChI is InChI=1S/C15H30N2O2/c1-3-16-15-5-4-12(2)8-13(15)9-17-6-7-19-11-14(17)10-18/h12-16,18H,3-11H2,1-2H3. The van der Waals surface area contributed by atoms with E-state index in [-0.39, 0.29) is 12.6 Å². The second-order valence-corrected chi connectivity index (χ2v) is 6.25. The predicted molar refractivity (Wildman–Crippen MR) is 77.2 cm³/mol. The molecule has 1 saturated carbocycles. The fourth-order valence-electron chi connectivity index (χ4n) is 3.63. The van der Waals surface area contributed by atoms with Gasteiger partial charge in [0.15, 0.2) is 0 Å². The summed E-state index contributed by atoms with van der Waals surface area (Å²) in [5.41, 5.74) is 0. The van der Waals surface area contributed by atoms with E-state index in [1.54, 1.807) is 0 Å². The van der Waals surface area contributed by atoms with Crippen LogP contribution >= 0.6 is 0 Å². The van der Waals surface area contributed by atoms with Crippen molar-refractivity contribution in [1.29, 1.82) is 0 Å². The molecule has 19 heavy (non-hydrogen) atoms. The van der Waals surface area contributed by atoms with Gasteiger partial charge in [0.05, 0.1) is 25.9 Å². The molecule has 4 atom stereocenters. The van der Waals surface area contributed by atoms with Gasteiger partial charge in [0.1, 0.15) is 0 Å². The maximum absolute atomic E-state index is 9.47. The summed E-state index contributed by atoms with van der Waals surface area (Å²) in [6, 6.07) is 0.858. The largest absolute Gasteiger partial charge is 0.395 e. The van der Waals surface area contributed by atoms with E-state index in [1.807, 2.05) is 0 Å². The Morgan fingerprint density at radius 3 is 2.95 bits per heavy atom. The van der Waals surface area contributed by atoms with Crippen molar-refractivity contribution in [1.82, 2.24) is 10.2 Å². The van der Waals surface area contributed by atoms with Gasteiger partial charge >= 0.3 is 0 Å². The Kier molecular flexibility index (Phi) is 6.07. The van der Waals surface area contributed by atoms with Crippen LogP contribution in [0.5, 0.6) is 0 Å². The number of rotatable bonds is 5. The lowest BCUT2D eigenvalue weighted by molar-refractivity contribution is -0.0389. The van der Waals surface area contributed by atoms with Crippen molar-refractivity contribution >= 4 is 0 Å². The molecule has 2 N–H and O–H groups in total. The van der Waals surface area contributed by atoms with Crippen LogP contribution in [-0.2, 0) is 4.74 Å². The summed E-state index contributed by atoms with van der Waals surface area (Å²) in [5.74, 6) is 1.56. The number of aliphatic hydroxyl groups is 1. The number of aliphatic hydroxyl groups excluding tert-OH is 1. The number of hydrogen-bond acceptors (Lipinski definition) is 4. The molecule has 2 rings (SSSR count). The van der Waals surface area contributed by atoms with Crippen LogP contribution in [0.1, 0.15) is 33.1 Å². The third-order valence-electron chi connectivity index (χ3n) is 4.74. The fourth-order valence-corrected chi connectivity index (χ4v) is 3.63. The highest BCUT2D eigenvalue weighted by Crippen LogP contribution is 2.30. The molecule has 0 aromatic rings. The van der Waals surface area contributed by atoms with E-state index in [4.69, 9.17) is 4.74 Å². The van der Waals surface area contributed by atoms with Crippen LogP contribution < -0.4 is 5.32 Å². The molecule has 1 aliphatic heterocycles. The highest BCUT2D eigenvalue weighted by atomic mass is 16.5.